The van der Waals surface area contributed by atoms with Gasteiger partial charge in [-0.05, 0) is 42.2 Å². The minimum Gasteiger partial charge on any atom is -0.497 e. The van der Waals surface area contributed by atoms with E-state index >= 15 is 0 Å². The second-order valence-corrected chi connectivity index (χ2v) is 7.61. The van der Waals surface area contributed by atoms with E-state index in [2.05, 4.69) is 27.4 Å². The Bertz CT molecular complexity index is 927. The summed E-state index contributed by atoms with van der Waals surface area (Å²) in [6, 6.07) is 10.2. The van der Waals surface area contributed by atoms with Crippen LogP contribution in [0.1, 0.15) is 29.5 Å². The third-order valence-corrected chi connectivity index (χ3v) is 5.80. The lowest BCUT2D eigenvalue weighted by Gasteiger charge is -2.30. The molecule has 132 valence electrons. The van der Waals surface area contributed by atoms with Gasteiger partial charge < -0.3 is 10.1 Å². The number of aromatic nitrogens is 2. The number of H-pyrrole nitrogens is 1. The highest BCUT2D eigenvalue weighted by atomic mass is 32.1. The lowest BCUT2D eigenvalue weighted by Crippen LogP contribution is -2.37. The van der Waals surface area contributed by atoms with Gasteiger partial charge >= 0.3 is 0 Å². The number of rotatable bonds is 4. The first-order chi connectivity index (χ1) is 12.6. The summed E-state index contributed by atoms with van der Waals surface area (Å²) in [6.07, 6.45) is 6.16. The number of benzene rings is 1. The molecule has 0 radical (unpaired) electrons. The molecule has 1 aromatic carbocycles. The zero-order valence-corrected chi connectivity index (χ0v) is 15.5. The topological polar surface area (TPSA) is 65.4 Å². The first kappa shape index (κ1) is 16.7. The van der Waals surface area contributed by atoms with Crippen LogP contribution in [-0.4, -0.2) is 18.0 Å². The first-order valence-electron chi connectivity index (χ1n) is 8.45. The summed E-state index contributed by atoms with van der Waals surface area (Å²) in [5.41, 5.74) is 2.82. The quantitative estimate of drug-likeness (QED) is 0.770. The number of hydrogen-bond donors (Lipinski definition) is 1. The van der Waals surface area contributed by atoms with Crippen LogP contribution in [0, 0.1) is 5.41 Å². The van der Waals surface area contributed by atoms with E-state index in [4.69, 9.17) is 4.74 Å². The largest absolute Gasteiger partial charge is 0.497 e. The van der Waals surface area contributed by atoms with E-state index in [1.54, 1.807) is 13.3 Å². The fraction of sp³-hybridized carbons (Fsp3) is 0.250. The monoisotopic (exact) mass is 366 g/mol. The summed E-state index contributed by atoms with van der Waals surface area (Å²) >= 11 is 1.43. The molecule has 2 heterocycles. The van der Waals surface area contributed by atoms with Crippen molar-refractivity contribution in [2.24, 2.45) is 5.41 Å². The Morgan fingerprint density at radius 3 is 2.85 bits per heavy atom. The first-order valence-corrected chi connectivity index (χ1v) is 9.33. The van der Waals surface area contributed by atoms with E-state index in [9.17, 15) is 4.79 Å². The number of nitrogens with zero attached hydrogens (tertiary/aromatic N) is 1. The van der Waals surface area contributed by atoms with Crippen LogP contribution in [0.4, 0.5) is 5.13 Å². The third-order valence-electron chi connectivity index (χ3n) is 5.11. The molecule has 1 amide bonds. The number of pyridine rings is 1. The highest BCUT2D eigenvalue weighted by Crippen LogP contribution is 2.51. The van der Waals surface area contributed by atoms with Crippen molar-refractivity contribution in [3.05, 3.63) is 71.0 Å². The number of ether oxygens (including phenoxy) is 1. The predicted molar refractivity (Wildman–Crippen MR) is 100 cm³/mol. The van der Waals surface area contributed by atoms with Gasteiger partial charge in [-0.1, -0.05) is 6.07 Å². The minimum atomic E-state index is -0.609. The van der Waals surface area contributed by atoms with Gasteiger partial charge in [-0.2, -0.15) is 0 Å². The normalized spacial score (nSPS) is 21.2. The average molecular weight is 366 g/mol. The molecule has 1 aliphatic rings. The van der Waals surface area contributed by atoms with Crippen molar-refractivity contribution in [2.45, 2.75) is 19.3 Å². The summed E-state index contributed by atoms with van der Waals surface area (Å²) in [5.74, 6) is 0.739. The number of thiazole rings is 1. The minimum absolute atomic E-state index is 0.0135. The van der Waals surface area contributed by atoms with Gasteiger partial charge in [0, 0.05) is 29.6 Å². The van der Waals surface area contributed by atoms with Crippen LogP contribution in [0.2, 0.25) is 0 Å². The zero-order chi connectivity index (χ0) is 18.1. The molecule has 6 heteroatoms. The van der Waals surface area contributed by atoms with Crippen molar-refractivity contribution in [1.29, 1.82) is 0 Å². The predicted octanol–water partition coefficient (Wildman–Crippen LogP) is 3.30. The second kappa shape index (κ2) is 6.53. The number of methoxy groups -OCH3 is 1. The van der Waals surface area contributed by atoms with Crippen molar-refractivity contribution < 1.29 is 14.5 Å². The van der Waals surface area contributed by atoms with Gasteiger partial charge in [-0.25, -0.2) is 9.97 Å². The zero-order valence-electron chi connectivity index (χ0n) is 14.7. The lowest BCUT2D eigenvalue weighted by molar-refractivity contribution is -0.378. The van der Waals surface area contributed by atoms with E-state index in [-0.39, 0.29) is 11.8 Å². The maximum Gasteiger partial charge on any atom is 0.233 e. The summed E-state index contributed by atoms with van der Waals surface area (Å²) in [5, 5.41) is 5.48. The van der Waals surface area contributed by atoms with Gasteiger partial charge in [0.15, 0.2) is 17.5 Å². The van der Waals surface area contributed by atoms with Crippen LogP contribution in [0.15, 0.2) is 54.3 Å². The Hall–Kier alpha value is -2.73. The lowest BCUT2D eigenvalue weighted by atomic mass is 9.73. The average Bonchev–Trinajstić information content (AvgIpc) is 3.27. The molecule has 26 heavy (non-hydrogen) atoms. The van der Waals surface area contributed by atoms with E-state index in [0.717, 1.165) is 16.9 Å². The molecule has 0 fully saturated rings. The molecule has 3 aromatic rings. The van der Waals surface area contributed by atoms with Crippen molar-refractivity contribution in [2.75, 3.05) is 12.4 Å². The molecule has 0 saturated heterocycles. The Balaban J connectivity index is 1.79. The van der Waals surface area contributed by atoms with Gasteiger partial charge in [-0.15, -0.1) is 11.3 Å². The van der Waals surface area contributed by atoms with Gasteiger partial charge in [0.1, 0.15) is 5.75 Å². The molecule has 0 bridgehead atoms. The standard InChI is InChI=1S/C20H19N3O2S/c1-20(18(24)23-19-22-9-10-26-19)12-14-3-4-15(25-2)11-16(14)17(20)13-5-7-21-8-6-13/h3-11,17H,12H2,1-2H3,(H,22,23,24)/p+1/t17-,20+/m0/s1. The van der Waals surface area contributed by atoms with Crippen molar-refractivity contribution in [1.82, 2.24) is 4.98 Å². The van der Waals surface area contributed by atoms with Gasteiger partial charge in [0.05, 0.1) is 12.5 Å². The number of fused-ring (bicyclic) bond motifs is 1. The van der Waals surface area contributed by atoms with Crippen LogP contribution in [-0.2, 0) is 11.2 Å². The van der Waals surface area contributed by atoms with Gasteiger partial charge in [0.25, 0.3) is 0 Å². The molecule has 0 aliphatic heterocycles. The van der Waals surface area contributed by atoms with Crippen molar-refractivity contribution in [3.8, 4) is 5.75 Å². The molecular formula is C20H20N3O2S+. The maximum atomic E-state index is 13.3. The molecule has 5 nitrogen and oxygen atoms in total. The molecule has 2 aromatic heterocycles. The third kappa shape index (κ3) is 2.76. The van der Waals surface area contributed by atoms with Crippen molar-refractivity contribution >= 4 is 22.4 Å². The molecule has 2 atom stereocenters. The van der Waals surface area contributed by atoms with Crippen LogP contribution in [0.5, 0.6) is 5.75 Å². The number of anilines is 1. The Morgan fingerprint density at radius 2 is 2.15 bits per heavy atom. The fourth-order valence-corrected chi connectivity index (χ4v) is 4.37. The summed E-state index contributed by atoms with van der Waals surface area (Å²) in [6.45, 7) is 2.03. The number of carbonyl (C=O) groups is 1. The van der Waals surface area contributed by atoms with Crippen molar-refractivity contribution in [3.63, 3.8) is 0 Å². The van der Waals surface area contributed by atoms with Gasteiger partial charge in [0.2, 0.25) is 5.91 Å². The Labute approximate surface area is 156 Å². The summed E-state index contributed by atoms with van der Waals surface area (Å²) in [4.78, 5) is 20.5. The smallest absolute Gasteiger partial charge is 0.233 e. The van der Waals surface area contributed by atoms with E-state index in [1.807, 2.05) is 42.9 Å². The molecular weight excluding hydrogens is 346 g/mol. The SMILES string of the molecule is COc1ccc2c(c1)[C@H](c1cc[nH+]cc1)[C@](C)(C(=O)Nc1nccs1)C2. The number of nitrogens with one attached hydrogen (secondary N) is 2. The van der Waals surface area contributed by atoms with Crippen LogP contribution < -0.4 is 15.0 Å². The molecule has 0 saturated carbocycles. The fourth-order valence-electron chi connectivity index (χ4n) is 3.85. The molecule has 1 aliphatic carbocycles. The number of hydrogen-bond acceptors (Lipinski definition) is 4. The molecule has 2 N–H and O–H groups in total. The van der Waals surface area contributed by atoms with E-state index in [0.29, 0.717) is 11.6 Å². The highest BCUT2D eigenvalue weighted by Gasteiger charge is 2.49. The number of amides is 1. The van der Waals surface area contributed by atoms with E-state index < -0.39 is 5.41 Å². The molecule has 0 unspecified atom stereocenters. The highest BCUT2D eigenvalue weighted by molar-refractivity contribution is 7.13. The number of carbonyl (C=O) groups excluding carboxylic acids is 1. The van der Waals surface area contributed by atoms with E-state index in [1.165, 1.54) is 16.9 Å². The maximum absolute atomic E-state index is 13.3. The van der Waals surface area contributed by atoms with Gasteiger partial charge in [-0.3, -0.25) is 4.79 Å². The van der Waals surface area contributed by atoms with Crippen LogP contribution in [0.3, 0.4) is 0 Å². The van der Waals surface area contributed by atoms with Crippen LogP contribution >= 0.6 is 11.3 Å². The summed E-state index contributed by atoms with van der Waals surface area (Å²) < 4.78 is 5.42. The molecule has 0 spiro atoms. The number of aromatic amines is 1. The van der Waals surface area contributed by atoms with Crippen LogP contribution in [0.25, 0.3) is 0 Å². The second-order valence-electron chi connectivity index (χ2n) is 6.72. The molecule has 4 rings (SSSR count). The Morgan fingerprint density at radius 1 is 1.35 bits per heavy atom. The Kier molecular flexibility index (Phi) is 4.20. The summed E-state index contributed by atoms with van der Waals surface area (Å²) in [7, 11) is 1.66.